The summed E-state index contributed by atoms with van der Waals surface area (Å²) in [5, 5.41) is 8.30. The Balaban J connectivity index is 1.71. The molecule has 0 spiro atoms. The Morgan fingerprint density at radius 3 is 2.58 bits per heavy atom. The molecule has 134 valence electrons. The highest BCUT2D eigenvalue weighted by Gasteiger charge is 2.12. The van der Waals surface area contributed by atoms with E-state index in [2.05, 4.69) is 10.4 Å². The first-order valence-electron chi connectivity index (χ1n) is 8.09. The van der Waals surface area contributed by atoms with E-state index in [0.29, 0.717) is 21.6 Å². The molecule has 0 fully saturated rings. The van der Waals surface area contributed by atoms with Crippen molar-refractivity contribution >= 4 is 46.7 Å². The number of nitrogens with zero attached hydrogens (tertiary/aromatic N) is 2. The van der Waals surface area contributed by atoms with Crippen LogP contribution in [-0.4, -0.2) is 21.4 Å². The van der Waals surface area contributed by atoms with E-state index in [4.69, 9.17) is 23.2 Å². The summed E-state index contributed by atoms with van der Waals surface area (Å²) >= 11 is 13.6. The van der Waals surface area contributed by atoms with Crippen LogP contribution < -0.4 is 5.32 Å². The van der Waals surface area contributed by atoms with Crippen molar-refractivity contribution in [3.63, 3.8) is 0 Å². The van der Waals surface area contributed by atoms with Gasteiger partial charge in [0.15, 0.2) is 5.82 Å². The SMILES string of the molecule is CCc1cc(NC(=O)CSc2ccccc2)nn1-c1ccc(Cl)c(Cl)c1. The lowest BCUT2D eigenvalue weighted by atomic mass is 10.3. The Morgan fingerprint density at radius 1 is 1.12 bits per heavy atom. The predicted octanol–water partition coefficient (Wildman–Crippen LogP) is 5.47. The van der Waals surface area contributed by atoms with E-state index in [1.807, 2.05) is 49.4 Å². The fourth-order valence-electron chi connectivity index (χ4n) is 2.42. The van der Waals surface area contributed by atoms with Gasteiger partial charge in [-0.2, -0.15) is 0 Å². The second-order valence-electron chi connectivity index (χ2n) is 5.53. The molecule has 4 nitrogen and oxygen atoms in total. The zero-order valence-electron chi connectivity index (χ0n) is 14.1. The summed E-state index contributed by atoms with van der Waals surface area (Å²) in [6.07, 6.45) is 0.766. The lowest BCUT2D eigenvalue weighted by molar-refractivity contribution is -0.113. The van der Waals surface area contributed by atoms with E-state index < -0.39 is 0 Å². The van der Waals surface area contributed by atoms with Crippen molar-refractivity contribution in [2.45, 2.75) is 18.2 Å². The molecule has 0 aliphatic carbocycles. The average Bonchev–Trinajstić information content (AvgIpc) is 3.06. The molecule has 0 unspecified atom stereocenters. The van der Waals surface area contributed by atoms with Gasteiger partial charge in [-0.25, -0.2) is 4.68 Å². The van der Waals surface area contributed by atoms with Crippen molar-refractivity contribution in [1.29, 1.82) is 0 Å². The van der Waals surface area contributed by atoms with Crippen LogP contribution in [0.2, 0.25) is 10.0 Å². The normalized spacial score (nSPS) is 10.7. The van der Waals surface area contributed by atoms with Crippen LogP contribution in [-0.2, 0) is 11.2 Å². The Morgan fingerprint density at radius 2 is 1.88 bits per heavy atom. The quantitative estimate of drug-likeness (QED) is 0.552. The van der Waals surface area contributed by atoms with Gasteiger partial charge in [-0.15, -0.1) is 16.9 Å². The number of aromatic nitrogens is 2. The molecule has 0 saturated heterocycles. The van der Waals surface area contributed by atoms with E-state index in [-0.39, 0.29) is 5.91 Å². The minimum absolute atomic E-state index is 0.0969. The van der Waals surface area contributed by atoms with Crippen LogP contribution in [0, 0.1) is 0 Å². The Hall–Kier alpha value is -1.95. The minimum Gasteiger partial charge on any atom is -0.308 e. The van der Waals surface area contributed by atoms with Gasteiger partial charge in [0.25, 0.3) is 0 Å². The number of carbonyl (C=O) groups excluding carboxylic acids is 1. The zero-order chi connectivity index (χ0) is 18.5. The minimum atomic E-state index is -0.0969. The molecule has 0 bridgehead atoms. The molecule has 1 N–H and O–H groups in total. The summed E-state index contributed by atoms with van der Waals surface area (Å²) in [5.41, 5.74) is 1.77. The molecule has 1 aromatic heterocycles. The summed E-state index contributed by atoms with van der Waals surface area (Å²) in [5.74, 6) is 0.748. The Labute approximate surface area is 166 Å². The lowest BCUT2D eigenvalue weighted by Crippen LogP contribution is -2.14. The first-order chi connectivity index (χ1) is 12.6. The topological polar surface area (TPSA) is 46.9 Å². The van der Waals surface area contributed by atoms with Crippen molar-refractivity contribution in [3.8, 4) is 5.69 Å². The maximum atomic E-state index is 12.2. The molecule has 0 atom stereocenters. The standard InChI is InChI=1S/C19H17Cl2N3OS/c1-2-13-11-18(22-19(25)12-26-15-6-4-3-5-7-15)23-24(13)14-8-9-16(20)17(21)10-14/h3-11H,2,12H2,1H3,(H,22,23,25). The van der Waals surface area contributed by atoms with Gasteiger partial charge in [-0.05, 0) is 36.8 Å². The molecule has 0 aliphatic rings. The van der Waals surface area contributed by atoms with Crippen LogP contribution in [0.3, 0.4) is 0 Å². The van der Waals surface area contributed by atoms with Gasteiger partial charge >= 0.3 is 0 Å². The highest BCUT2D eigenvalue weighted by atomic mass is 35.5. The van der Waals surface area contributed by atoms with Crippen molar-refractivity contribution in [2.75, 3.05) is 11.1 Å². The van der Waals surface area contributed by atoms with Gasteiger partial charge in [0, 0.05) is 16.7 Å². The highest BCUT2D eigenvalue weighted by molar-refractivity contribution is 8.00. The number of amides is 1. The second kappa shape index (κ2) is 8.62. The van der Waals surface area contributed by atoms with Crippen molar-refractivity contribution < 1.29 is 4.79 Å². The summed E-state index contributed by atoms with van der Waals surface area (Å²) in [6.45, 7) is 2.03. The fraction of sp³-hybridized carbons (Fsp3) is 0.158. The monoisotopic (exact) mass is 405 g/mol. The maximum absolute atomic E-state index is 12.2. The summed E-state index contributed by atoms with van der Waals surface area (Å²) in [7, 11) is 0. The van der Waals surface area contributed by atoms with Crippen molar-refractivity contribution in [2.24, 2.45) is 0 Å². The van der Waals surface area contributed by atoms with Gasteiger partial charge in [0.1, 0.15) is 0 Å². The molecule has 2 aromatic carbocycles. The number of carbonyl (C=O) groups is 1. The number of hydrogen-bond donors (Lipinski definition) is 1. The molecule has 1 amide bonds. The van der Waals surface area contributed by atoms with Crippen molar-refractivity contribution in [1.82, 2.24) is 9.78 Å². The van der Waals surface area contributed by atoms with E-state index in [0.717, 1.165) is 22.7 Å². The number of thioether (sulfide) groups is 1. The first kappa shape index (κ1) is 18.8. The van der Waals surface area contributed by atoms with Crippen LogP contribution in [0.15, 0.2) is 59.5 Å². The molecule has 0 radical (unpaired) electrons. The molecular formula is C19H17Cl2N3OS. The summed E-state index contributed by atoms with van der Waals surface area (Å²) in [6, 6.07) is 17.0. The smallest absolute Gasteiger partial charge is 0.235 e. The second-order valence-corrected chi connectivity index (χ2v) is 7.40. The van der Waals surface area contributed by atoms with Crippen molar-refractivity contribution in [3.05, 3.63) is 70.3 Å². The molecule has 0 aliphatic heterocycles. The van der Waals surface area contributed by atoms with Gasteiger partial charge in [0.05, 0.1) is 21.5 Å². The van der Waals surface area contributed by atoms with Gasteiger partial charge in [0.2, 0.25) is 5.91 Å². The molecular weight excluding hydrogens is 389 g/mol. The number of halogens is 2. The largest absolute Gasteiger partial charge is 0.308 e. The lowest BCUT2D eigenvalue weighted by Gasteiger charge is -2.07. The third-order valence-electron chi connectivity index (χ3n) is 3.67. The maximum Gasteiger partial charge on any atom is 0.235 e. The molecule has 3 rings (SSSR count). The number of aryl methyl sites for hydroxylation is 1. The molecule has 1 heterocycles. The fourth-order valence-corrected chi connectivity index (χ4v) is 3.43. The van der Waals surface area contributed by atoms with Crippen LogP contribution >= 0.6 is 35.0 Å². The van der Waals surface area contributed by atoms with Crippen LogP contribution in [0.5, 0.6) is 0 Å². The average molecular weight is 406 g/mol. The van der Waals surface area contributed by atoms with Gasteiger partial charge in [-0.3, -0.25) is 4.79 Å². The van der Waals surface area contributed by atoms with Gasteiger partial charge < -0.3 is 5.32 Å². The van der Waals surface area contributed by atoms with Crippen LogP contribution in [0.4, 0.5) is 5.82 Å². The Bertz CT molecular complexity index is 912. The highest BCUT2D eigenvalue weighted by Crippen LogP contribution is 2.26. The number of anilines is 1. The number of rotatable bonds is 6. The number of benzene rings is 2. The van der Waals surface area contributed by atoms with Gasteiger partial charge in [-0.1, -0.05) is 48.3 Å². The molecule has 26 heavy (non-hydrogen) atoms. The van der Waals surface area contributed by atoms with E-state index in [9.17, 15) is 4.79 Å². The Kier molecular flexibility index (Phi) is 6.25. The van der Waals surface area contributed by atoms with E-state index in [1.54, 1.807) is 16.8 Å². The summed E-state index contributed by atoms with van der Waals surface area (Å²) in [4.78, 5) is 13.3. The molecule has 3 aromatic rings. The van der Waals surface area contributed by atoms with Crippen LogP contribution in [0.1, 0.15) is 12.6 Å². The number of hydrogen-bond acceptors (Lipinski definition) is 3. The van der Waals surface area contributed by atoms with Crippen LogP contribution in [0.25, 0.3) is 5.69 Å². The zero-order valence-corrected chi connectivity index (χ0v) is 16.4. The molecule has 7 heteroatoms. The molecule has 0 saturated carbocycles. The third-order valence-corrected chi connectivity index (χ3v) is 5.42. The predicted molar refractivity (Wildman–Crippen MR) is 109 cm³/mol. The number of nitrogens with one attached hydrogen (secondary N) is 1. The first-order valence-corrected chi connectivity index (χ1v) is 9.83. The van der Waals surface area contributed by atoms with E-state index in [1.165, 1.54) is 11.8 Å². The van der Waals surface area contributed by atoms with E-state index >= 15 is 0 Å². The third kappa shape index (κ3) is 4.61. The summed E-state index contributed by atoms with van der Waals surface area (Å²) < 4.78 is 1.77.